The number of halogens is 2. The van der Waals surface area contributed by atoms with Crippen LogP contribution in [-0.2, 0) is 11.2 Å². The molecule has 1 heterocycles. The molecule has 0 atom stereocenters. The number of thioether (sulfide) groups is 1. The Morgan fingerprint density at radius 2 is 2.04 bits per heavy atom. The van der Waals surface area contributed by atoms with E-state index in [1.165, 1.54) is 12.1 Å². The molecule has 0 aliphatic carbocycles. The maximum atomic E-state index is 13.7. The number of nitrogens with zero attached hydrogens (tertiary/aromatic N) is 2. The van der Waals surface area contributed by atoms with Crippen LogP contribution in [0.25, 0.3) is 0 Å². The van der Waals surface area contributed by atoms with E-state index in [-0.39, 0.29) is 21.7 Å². The Bertz CT molecular complexity index is 934. The Morgan fingerprint density at radius 3 is 2.74 bits per heavy atom. The van der Waals surface area contributed by atoms with E-state index in [0.29, 0.717) is 12.3 Å². The van der Waals surface area contributed by atoms with Crippen molar-refractivity contribution in [2.45, 2.75) is 11.6 Å². The zero-order valence-corrected chi connectivity index (χ0v) is 15.8. The summed E-state index contributed by atoms with van der Waals surface area (Å²) in [4.78, 5) is 11.9. The molecule has 0 saturated heterocycles. The van der Waals surface area contributed by atoms with Crippen molar-refractivity contribution in [3.63, 3.8) is 0 Å². The first kappa shape index (κ1) is 19.2. The predicted octanol–water partition coefficient (Wildman–Crippen LogP) is 4.19. The third kappa shape index (κ3) is 5.45. The zero-order valence-electron chi connectivity index (χ0n) is 14.2. The van der Waals surface area contributed by atoms with Crippen LogP contribution < -0.4 is 10.1 Å². The van der Waals surface area contributed by atoms with E-state index in [4.69, 9.17) is 20.8 Å². The van der Waals surface area contributed by atoms with Crippen molar-refractivity contribution in [1.82, 2.24) is 10.2 Å². The van der Waals surface area contributed by atoms with Crippen LogP contribution in [0.15, 0.2) is 52.1 Å². The van der Waals surface area contributed by atoms with E-state index < -0.39 is 11.7 Å². The lowest BCUT2D eigenvalue weighted by Gasteiger charge is -2.05. The molecule has 0 saturated carbocycles. The first-order valence-electron chi connectivity index (χ1n) is 7.86. The SMILES string of the molecule is COc1ccc(Cc2nnc(SCC(=O)Nc3ccc(Cl)cc3F)o2)cc1. The Kier molecular flexibility index (Phi) is 6.31. The summed E-state index contributed by atoms with van der Waals surface area (Å²) >= 11 is 6.75. The monoisotopic (exact) mass is 407 g/mol. The summed E-state index contributed by atoms with van der Waals surface area (Å²) in [6.07, 6.45) is 0.472. The third-order valence-electron chi connectivity index (χ3n) is 3.49. The van der Waals surface area contributed by atoms with Gasteiger partial charge in [0.15, 0.2) is 0 Å². The Labute approximate surface area is 164 Å². The molecule has 140 valence electrons. The average Bonchev–Trinajstić information content (AvgIpc) is 3.10. The fourth-order valence-corrected chi connectivity index (χ4v) is 2.93. The van der Waals surface area contributed by atoms with Crippen LogP contribution in [0, 0.1) is 5.82 Å². The molecule has 0 radical (unpaired) electrons. The van der Waals surface area contributed by atoms with E-state index in [1.54, 1.807) is 7.11 Å². The van der Waals surface area contributed by atoms with Crippen LogP contribution in [-0.4, -0.2) is 29.0 Å². The molecule has 0 bridgehead atoms. The highest BCUT2D eigenvalue weighted by Crippen LogP contribution is 2.21. The van der Waals surface area contributed by atoms with Crippen LogP contribution in [0.2, 0.25) is 5.02 Å². The van der Waals surface area contributed by atoms with Crippen LogP contribution >= 0.6 is 23.4 Å². The highest BCUT2D eigenvalue weighted by atomic mass is 35.5. The van der Waals surface area contributed by atoms with E-state index >= 15 is 0 Å². The molecule has 3 rings (SSSR count). The molecule has 1 aromatic heterocycles. The molecule has 1 amide bonds. The summed E-state index contributed by atoms with van der Waals surface area (Å²) in [7, 11) is 1.61. The van der Waals surface area contributed by atoms with Gasteiger partial charge in [-0.25, -0.2) is 4.39 Å². The van der Waals surface area contributed by atoms with Gasteiger partial charge in [0.25, 0.3) is 5.22 Å². The van der Waals surface area contributed by atoms with E-state index in [9.17, 15) is 9.18 Å². The molecule has 27 heavy (non-hydrogen) atoms. The molecule has 0 unspecified atom stereocenters. The quantitative estimate of drug-likeness (QED) is 0.592. The second-order valence-corrected chi connectivity index (χ2v) is 6.81. The van der Waals surface area contributed by atoms with Crippen molar-refractivity contribution in [3.05, 3.63) is 64.8 Å². The summed E-state index contributed by atoms with van der Waals surface area (Å²) in [6, 6.07) is 11.5. The number of aromatic nitrogens is 2. The van der Waals surface area contributed by atoms with Crippen molar-refractivity contribution in [1.29, 1.82) is 0 Å². The summed E-state index contributed by atoms with van der Waals surface area (Å²) in [5.74, 6) is 0.221. The molecule has 0 fully saturated rings. The number of carbonyl (C=O) groups is 1. The van der Waals surface area contributed by atoms with Gasteiger partial charge in [0.05, 0.1) is 25.0 Å². The summed E-state index contributed by atoms with van der Waals surface area (Å²) in [5.41, 5.74) is 1.06. The van der Waals surface area contributed by atoms with Gasteiger partial charge in [0.1, 0.15) is 11.6 Å². The van der Waals surface area contributed by atoms with Crippen LogP contribution in [0.4, 0.5) is 10.1 Å². The standard InChI is InChI=1S/C18H15ClFN3O3S/c1-25-13-5-2-11(3-6-13)8-17-22-23-18(26-17)27-10-16(24)21-15-7-4-12(19)9-14(15)20/h2-7,9H,8,10H2,1H3,(H,21,24). The second kappa shape index (κ2) is 8.88. The predicted molar refractivity (Wildman–Crippen MR) is 101 cm³/mol. The van der Waals surface area contributed by atoms with Gasteiger partial charge in [-0.1, -0.05) is 35.5 Å². The number of carbonyl (C=O) groups excluding carboxylic acids is 1. The molecule has 0 aliphatic rings. The first-order valence-corrected chi connectivity index (χ1v) is 9.23. The molecular formula is C18H15ClFN3O3S. The maximum absolute atomic E-state index is 13.7. The van der Waals surface area contributed by atoms with Gasteiger partial charge >= 0.3 is 0 Å². The van der Waals surface area contributed by atoms with Gasteiger partial charge in [-0.2, -0.15) is 0 Å². The third-order valence-corrected chi connectivity index (χ3v) is 4.55. The number of methoxy groups -OCH3 is 1. The Balaban J connectivity index is 1.52. The van der Waals surface area contributed by atoms with Gasteiger partial charge in [-0.3, -0.25) is 4.79 Å². The first-order chi connectivity index (χ1) is 13.0. The smallest absolute Gasteiger partial charge is 0.277 e. The molecule has 9 heteroatoms. The Morgan fingerprint density at radius 1 is 1.26 bits per heavy atom. The van der Waals surface area contributed by atoms with Crippen molar-refractivity contribution >= 4 is 35.0 Å². The maximum Gasteiger partial charge on any atom is 0.277 e. The molecule has 1 N–H and O–H groups in total. The lowest BCUT2D eigenvalue weighted by molar-refractivity contribution is -0.113. The zero-order chi connectivity index (χ0) is 19.2. The number of anilines is 1. The number of nitrogens with one attached hydrogen (secondary N) is 1. The Hall–Kier alpha value is -2.58. The van der Waals surface area contributed by atoms with Gasteiger partial charge in [-0.05, 0) is 35.9 Å². The molecule has 0 spiro atoms. The van der Waals surface area contributed by atoms with Gasteiger partial charge in [-0.15, -0.1) is 10.2 Å². The van der Waals surface area contributed by atoms with Gasteiger partial charge in [0.2, 0.25) is 11.8 Å². The van der Waals surface area contributed by atoms with E-state index in [1.807, 2.05) is 24.3 Å². The second-order valence-electron chi connectivity index (χ2n) is 5.45. The number of hydrogen-bond acceptors (Lipinski definition) is 6. The van der Waals surface area contributed by atoms with E-state index in [2.05, 4.69) is 15.5 Å². The van der Waals surface area contributed by atoms with Crippen molar-refractivity contribution < 1.29 is 18.3 Å². The highest BCUT2D eigenvalue weighted by molar-refractivity contribution is 7.99. The number of amides is 1. The molecule has 2 aromatic carbocycles. The molecule has 3 aromatic rings. The highest BCUT2D eigenvalue weighted by Gasteiger charge is 2.12. The molecular weight excluding hydrogens is 393 g/mol. The number of hydrogen-bond donors (Lipinski definition) is 1. The normalized spacial score (nSPS) is 10.6. The molecule has 0 aliphatic heterocycles. The summed E-state index contributed by atoms with van der Waals surface area (Å²) < 4.78 is 24.3. The topological polar surface area (TPSA) is 77.2 Å². The average molecular weight is 408 g/mol. The lowest BCUT2D eigenvalue weighted by atomic mass is 10.1. The van der Waals surface area contributed by atoms with Gasteiger partial charge < -0.3 is 14.5 Å². The summed E-state index contributed by atoms with van der Waals surface area (Å²) in [6.45, 7) is 0. The van der Waals surface area contributed by atoms with Crippen molar-refractivity contribution in [3.8, 4) is 5.75 Å². The fraction of sp³-hybridized carbons (Fsp3) is 0.167. The number of ether oxygens (including phenoxy) is 1. The molecule has 6 nitrogen and oxygen atoms in total. The minimum Gasteiger partial charge on any atom is -0.497 e. The summed E-state index contributed by atoms with van der Waals surface area (Å²) in [5, 5.41) is 10.9. The number of benzene rings is 2. The number of rotatable bonds is 7. The van der Waals surface area contributed by atoms with Crippen LogP contribution in [0.3, 0.4) is 0 Å². The largest absolute Gasteiger partial charge is 0.497 e. The van der Waals surface area contributed by atoms with E-state index in [0.717, 1.165) is 29.1 Å². The lowest BCUT2D eigenvalue weighted by Crippen LogP contribution is -2.15. The minimum absolute atomic E-state index is 0.00619. The fourth-order valence-electron chi connectivity index (χ4n) is 2.19. The van der Waals surface area contributed by atoms with Crippen molar-refractivity contribution in [2.24, 2.45) is 0 Å². The van der Waals surface area contributed by atoms with Crippen LogP contribution in [0.5, 0.6) is 5.75 Å². The van der Waals surface area contributed by atoms with Crippen molar-refractivity contribution in [2.75, 3.05) is 18.2 Å². The van der Waals surface area contributed by atoms with Crippen LogP contribution in [0.1, 0.15) is 11.5 Å². The van der Waals surface area contributed by atoms with Gasteiger partial charge in [0, 0.05) is 5.02 Å². The minimum atomic E-state index is -0.597.